The topological polar surface area (TPSA) is 91.5 Å². The lowest BCUT2D eigenvalue weighted by molar-refractivity contribution is 0.0626. The number of aliphatic hydroxyl groups excluding tert-OH is 1. The fraction of sp³-hybridized carbons (Fsp3) is 0.188. The monoisotopic (exact) mass is 357 g/mol. The highest BCUT2D eigenvalue weighted by Gasteiger charge is 2.18. The lowest BCUT2D eigenvalue weighted by atomic mass is 10.3. The first kappa shape index (κ1) is 15.6. The first-order chi connectivity index (χ1) is 12.0. The number of amides is 1. The van der Waals surface area contributed by atoms with Crippen LogP contribution in [-0.4, -0.2) is 51.6 Å². The third-order valence-corrected chi connectivity index (χ3v) is 4.87. The first-order valence-electron chi connectivity index (χ1n) is 7.50. The molecule has 0 saturated carbocycles. The number of fused-ring (bicyclic) bond motifs is 3. The summed E-state index contributed by atoms with van der Waals surface area (Å²) < 4.78 is 8.14. The van der Waals surface area contributed by atoms with E-state index in [4.69, 9.17) is 4.74 Å². The summed E-state index contributed by atoms with van der Waals surface area (Å²) in [5.41, 5.74) is 1.26. The highest BCUT2D eigenvalue weighted by molar-refractivity contribution is 7.23. The van der Waals surface area contributed by atoms with Crippen LogP contribution in [0.5, 0.6) is 5.75 Å². The molecule has 25 heavy (non-hydrogen) atoms. The molecule has 9 heteroatoms. The molecule has 0 spiro atoms. The van der Waals surface area contributed by atoms with E-state index in [0.717, 1.165) is 20.9 Å². The van der Waals surface area contributed by atoms with Crippen LogP contribution in [0.25, 0.3) is 15.2 Å². The number of amidine groups is 1. The van der Waals surface area contributed by atoms with Gasteiger partial charge in [-0.2, -0.15) is 5.10 Å². The Bertz CT molecular complexity index is 1040. The van der Waals surface area contributed by atoms with Gasteiger partial charge in [-0.25, -0.2) is 4.98 Å². The van der Waals surface area contributed by atoms with Crippen LogP contribution in [0.3, 0.4) is 0 Å². The minimum atomic E-state index is -0.790. The molecule has 3 aromatic rings. The predicted octanol–water partition coefficient (Wildman–Crippen LogP) is 1.42. The van der Waals surface area contributed by atoms with Crippen LogP contribution in [0.15, 0.2) is 41.6 Å². The van der Waals surface area contributed by atoms with Crippen molar-refractivity contribution in [2.24, 2.45) is 5.10 Å². The maximum Gasteiger partial charge on any atom is 0.277 e. The predicted molar refractivity (Wildman–Crippen MR) is 94.9 cm³/mol. The standard InChI is InChI=1S/C16H15N5O3S/c1-20-14(22)6-5-13(19-20)18-15(23)10-8-21-11-4-3-9(24-2)7-12(11)25-16(21)17-10/h3-8,14,22H,1-2H3,(H,18,19,23). The number of ether oxygens (including phenoxy) is 1. The van der Waals surface area contributed by atoms with Crippen LogP contribution >= 0.6 is 11.3 Å². The van der Waals surface area contributed by atoms with Gasteiger partial charge < -0.3 is 15.2 Å². The van der Waals surface area contributed by atoms with Crippen molar-refractivity contribution in [1.82, 2.24) is 19.7 Å². The molecule has 1 aliphatic heterocycles. The molecule has 8 nitrogen and oxygen atoms in total. The van der Waals surface area contributed by atoms with Crippen molar-refractivity contribution >= 4 is 38.3 Å². The Hall–Kier alpha value is -2.91. The molecule has 0 radical (unpaired) electrons. The van der Waals surface area contributed by atoms with Crippen LogP contribution in [0, 0.1) is 0 Å². The fourth-order valence-electron chi connectivity index (χ4n) is 2.53. The molecule has 3 heterocycles. The van der Waals surface area contributed by atoms with E-state index in [-0.39, 0.29) is 5.91 Å². The molecular formula is C16H15N5O3S. The van der Waals surface area contributed by atoms with Crippen LogP contribution < -0.4 is 10.1 Å². The minimum absolute atomic E-state index is 0.300. The molecule has 1 atom stereocenters. The summed E-state index contributed by atoms with van der Waals surface area (Å²) in [5.74, 6) is 0.776. The van der Waals surface area contributed by atoms with E-state index in [2.05, 4.69) is 15.4 Å². The number of nitrogens with zero attached hydrogens (tertiary/aromatic N) is 4. The molecule has 0 aliphatic carbocycles. The van der Waals surface area contributed by atoms with Gasteiger partial charge >= 0.3 is 0 Å². The lowest BCUT2D eigenvalue weighted by Gasteiger charge is -2.21. The number of nitrogens with one attached hydrogen (secondary N) is 1. The third-order valence-electron chi connectivity index (χ3n) is 3.85. The van der Waals surface area contributed by atoms with Crippen molar-refractivity contribution < 1.29 is 14.6 Å². The summed E-state index contributed by atoms with van der Waals surface area (Å²) in [5, 5.41) is 17.7. The van der Waals surface area contributed by atoms with E-state index in [1.54, 1.807) is 26.4 Å². The van der Waals surface area contributed by atoms with Gasteiger partial charge in [-0.15, -0.1) is 0 Å². The number of rotatable bonds is 2. The Morgan fingerprint density at radius 2 is 2.28 bits per heavy atom. The van der Waals surface area contributed by atoms with E-state index in [1.807, 2.05) is 22.6 Å². The number of hydrogen-bond acceptors (Lipinski definition) is 7. The summed E-state index contributed by atoms with van der Waals surface area (Å²) >= 11 is 1.48. The highest BCUT2D eigenvalue weighted by Crippen LogP contribution is 2.29. The number of thiazole rings is 1. The number of aliphatic hydroxyl groups is 1. The molecule has 1 unspecified atom stereocenters. The van der Waals surface area contributed by atoms with E-state index in [0.29, 0.717) is 11.5 Å². The highest BCUT2D eigenvalue weighted by atomic mass is 32.1. The number of hydrogen-bond donors (Lipinski definition) is 2. The number of methoxy groups -OCH3 is 1. The normalized spacial score (nSPS) is 17.2. The van der Waals surface area contributed by atoms with Crippen molar-refractivity contribution in [2.75, 3.05) is 14.2 Å². The molecule has 0 bridgehead atoms. The third kappa shape index (κ3) is 2.73. The van der Waals surface area contributed by atoms with E-state index in [1.165, 1.54) is 22.4 Å². The first-order valence-corrected chi connectivity index (χ1v) is 8.31. The van der Waals surface area contributed by atoms with Crippen LogP contribution in [0.1, 0.15) is 10.5 Å². The summed E-state index contributed by atoms with van der Waals surface area (Å²) in [6, 6.07) is 5.75. The van der Waals surface area contributed by atoms with Crippen molar-refractivity contribution in [1.29, 1.82) is 0 Å². The second-order valence-corrected chi connectivity index (χ2v) is 6.51. The van der Waals surface area contributed by atoms with Gasteiger partial charge in [-0.3, -0.25) is 14.2 Å². The van der Waals surface area contributed by atoms with Gasteiger partial charge in [0, 0.05) is 13.2 Å². The zero-order valence-corrected chi connectivity index (χ0v) is 14.3. The second-order valence-electron chi connectivity index (χ2n) is 5.50. The number of carbonyl (C=O) groups is 1. The number of aromatic nitrogens is 2. The summed E-state index contributed by atoms with van der Waals surface area (Å²) in [6.07, 6.45) is 4.00. The molecule has 2 N–H and O–H groups in total. The number of imidazole rings is 1. The lowest BCUT2D eigenvalue weighted by Crippen LogP contribution is -2.37. The quantitative estimate of drug-likeness (QED) is 0.724. The van der Waals surface area contributed by atoms with Gasteiger partial charge in [0.15, 0.2) is 17.0 Å². The second kappa shape index (κ2) is 5.87. The number of hydrazone groups is 1. The zero-order chi connectivity index (χ0) is 17.6. The molecule has 1 aliphatic rings. The largest absolute Gasteiger partial charge is 0.497 e. The maximum absolute atomic E-state index is 12.4. The summed E-state index contributed by atoms with van der Waals surface area (Å²) in [4.78, 5) is 17.5. The van der Waals surface area contributed by atoms with Crippen LogP contribution in [-0.2, 0) is 0 Å². The fourth-order valence-corrected chi connectivity index (χ4v) is 3.57. The Kier molecular flexibility index (Phi) is 3.66. The molecule has 1 aromatic carbocycles. The van der Waals surface area contributed by atoms with Gasteiger partial charge in [-0.05, 0) is 30.4 Å². The van der Waals surface area contributed by atoms with Gasteiger partial charge in [0.25, 0.3) is 5.91 Å². The van der Waals surface area contributed by atoms with Crippen LogP contribution in [0.4, 0.5) is 0 Å². The van der Waals surface area contributed by atoms with Gasteiger partial charge in [-0.1, -0.05) is 11.3 Å². The number of likely N-dealkylation sites (N-methyl/N-ethyl adjacent to an activating group) is 1. The van der Waals surface area contributed by atoms with E-state index >= 15 is 0 Å². The van der Waals surface area contributed by atoms with Crippen molar-refractivity contribution in [2.45, 2.75) is 6.23 Å². The Morgan fingerprint density at radius 3 is 3.04 bits per heavy atom. The molecular weight excluding hydrogens is 342 g/mol. The Balaban J connectivity index is 1.62. The average Bonchev–Trinajstić information content (AvgIpc) is 3.15. The smallest absolute Gasteiger partial charge is 0.277 e. The average molecular weight is 357 g/mol. The van der Waals surface area contributed by atoms with Crippen LogP contribution in [0.2, 0.25) is 0 Å². The summed E-state index contributed by atoms with van der Waals surface area (Å²) in [6.45, 7) is 0. The van der Waals surface area contributed by atoms with E-state index < -0.39 is 6.23 Å². The maximum atomic E-state index is 12.4. The van der Waals surface area contributed by atoms with Gasteiger partial charge in [0.2, 0.25) is 0 Å². The molecule has 128 valence electrons. The number of carbonyl (C=O) groups excluding carboxylic acids is 1. The molecule has 0 saturated heterocycles. The Morgan fingerprint density at radius 1 is 1.44 bits per heavy atom. The van der Waals surface area contributed by atoms with Crippen molar-refractivity contribution in [3.8, 4) is 5.75 Å². The minimum Gasteiger partial charge on any atom is -0.497 e. The molecule has 2 aromatic heterocycles. The van der Waals surface area contributed by atoms with Crippen molar-refractivity contribution in [3.05, 3.63) is 42.2 Å². The summed E-state index contributed by atoms with van der Waals surface area (Å²) in [7, 11) is 3.24. The molecule has 1 amide bonds. The number of benzene rings is 1. The van der Waals surface area contributed by atoms with Crippen molar-refractivity contribution in [3.63, 3.8) is 0 Å². The molecule has 4 rings (SSSR count). The SMILES string of the molecule is COc1ccc2c(c1)sc1nc(C(=O)NC3=NN(C)C(O)C=C3)cn12. The van der Waals surface area contributed by atoms with Gasteiger partial charge in [0.1, 0.15) is 11.4 Å². The Labute approximate surface area is 146 Å². The molecule has 0 fully saturated rings. The van der Waals surface area contributed by atoms with E-state index in [9.17, 15) is 9.90 Å². The van der Waals surface area contributed by atoms with Gasteiger partial charge in [0.05, 0.1) is 17.3 Å². The zero-order valence-electron chi connectivity index (χ0n) is 13.5.